The summed E-state index contributed by atoms with van der Waals surface area (Å²) in [5, 5.41) is 5.67. The van der Waals surface area contributed by atoms with Crippen LogP contribution < -0.4 is 11.5 Å². The van der Waals surface area contributed by atoms with E-state index in [1.54, 1.807) is 6.20 Å². The van der Waals surface area contributed by atoms with E-state index in [9.17, 15) is 0 Å². The second kappa shape index (κ2) is 4.65. The smallest absolute Gasteiger partial charge is 0.133 e. The van der Waals surface area contributed by atoms with Crippen LogP contribution in [0.2, 0.25) is 0 Å². The Morgan fingerprint density at radius 2 is 1.94 bits per heavy atom. The van der Waals surface area contributed by atoms with Crippen LogP contribution in [0.25, 0.3) is 10.9 Å². The summed E-state index contributed by atoms with van der Waals surface area (Å²) >= 11 is 2.24. The molecule has 6 heteroatoms. The van der Waals surface area contributed by atoms with Gasteiger partial charge in [-0.2, -0.15) is 5.10 Å². The zero-order valence-corrected chi connectivity index (χ0v) is 12.2. The van der Waals surface area contributed by atoms with Crippen LogP contribution in [0.4, 0.5) is 5.69 Å². The van der Waals surface area contributed by atoms with Crippen LogP contribution in [0, 0.1) is 3.70 Å². The summed E-state index contributed by atoms with van der Waals surface area (Å²) in [5.41, 5.74) is 13.7. The molecule has 2 aromatic heterocycles. The predicted octanol–water partition coefficient (Wildman–Crippen LogP) is 2.06. The molecule has 0 aromatic carbocycles. The Kier molecular flexibility index (Phi) is 3.14. The fourth-order valence-corrected chi connectivity index (χ4v) is 3.51. The summed E-state index contributed by atoms with van der Waals surface area (Å²) in [6.07, 6.45) is 7.85. The van der Waals surface area contributed by atoms with Crippen LogP contribution in [0.15, 0.2) is 12.4 Å². The molecule has 0 aliphatic heterocycles. The van der Waals surface area contributed by atoms with E-state index >= 15 is 0 Å². The topological polar surface area (TPSA) is 82.8 Å². The fourth-order valence-electron chi connectivity index (χ4n) is 2.69. The van der Waals surface area contributed by atoms with Crippen molar-refractivity contribution in [3.05, 3.63) is 16.1 Å². The van der Waals surface area contributed by atoms with Crippen molar-refractivity contribution in [2.24, 2.45) is 5.73 Å². The standard InChI is InChI=1S/C12H16IN5/c13-12-11-9(15)5-16-6-10(11)18(17-12)8-3-1-7(14)2-4-8/h5-8H,1-4,14-15H2. The van der Waals surface area contributed by atoms with Gasteiger partial charge >= 0.3 is 0 Å². The number of nitrogens with two attached hydrogens (primary N) is 2. The first-order valence-electron chi connectivity index (χ1n) is 6.19. The van der Waals surface area contributed by atoms with E-state index in [0.717, 1.165) is 40.3 Å². The van der Waals surface area contributed by atoms with Crippen LogP contribution in [0.1, 0.15) is 31.7 Å². The Labute approximate surface area is 119 Å². The maximum absolute atomic E-state index is 5.98. The number of nitrogen functional groups attached to an aromatic ring is 1. The molecule has 2 aromatic rings. The van der Waals surface area contributed by atoms with Gasteiger partial charge in [0.1, 0.15) is 3.70 Å². The maximum Gasteiger partial charge on any atom is 0.133 e. The van der Waals surface area contributed by atoms with E-state index in [4.69, 9.17) is 11.5 Å². The van der Waals surface area contributed by atoms with Gasteiger partial charge in [0, 0.05) is 6.04 Å². The van der Waals surface area contributed by atoms with Crippen molar-refractivity contribution in [1.82, 2.24) is 14.8 Å². The second-order valence-corrected chi connectivity index (χ2v) is 5.95. The second-order valence-electron chi connectivity index (χ2n) is 4.93. The molecular weight excluding hydrogens is 341 g/mol. The third-order valence-electron chi connectivity index (χ3n) is 3.69. The first-order valence-corrected chi connectivity index (χ1v) is 7.27. The Morgan fingerprint density at radius 1 is 1.22 bits per heavy atom. The number of hydrogen-bond donors (Lipinski definition) is 2. The Morgan fingerprint density at radius 3 is 2.67 bits per heavy atom. The minimum absolute atomic E-state index is 0.352. The molecular formula is C12H16IN5. The van der Waals surface area contributed by atoms with Gasteiger partial charge in [0.2, 0.25) is 0 Å². The number of halogens is 1. The molecule has 1 aliphatic carbocycles. The van der Waals surface area contributed by atoms with Crippen molar-refractivity contribution in [1.29, 1.82) is 0 Å². The highest BCUT2D eigenvalue weighted by Crippen LogP contribution is 2.33. The van der Waals surface area contributed by atoms with Crippen LogP contribution in [-0.4, -0.2) is 20.8 Å². The van der Waals surface area contributed by atoms with Crippen molar-refractivity contribution in [3.63, 3.8) is 0 Å². The monoisotopic (exact) mass is 357 g/mol. The lowest BCUT2D eigenvalue weighted by Crippen LogP contribution is -2.28. The molecule has 0 bridgehead atoms. The third-order valence-corrected chi connectivity index (χ3v) is 4.45. The number of anilines is 1. The molecule has 0 unspecified atom stereocenters. The highest BCUT2D eigenvalue weighted by molar-refractivity contribution is 14.1. The lowest BCUT2D eigenvalue weighted by molar-refractivity contribution is 0.310. The molecule has 1 aliphatic rings. The minimum Gasteiger partial charge on any atom is -0.397 e. The van der Waals surface area contributed by atoms with Crippen molar-refractivity contribution in [2.45, 2.75) is 37.8 Å². The number of rotatable bonds is 1. The lowest BCUT2D eigenvalue weighted by Gasteiger charge is -2.26. The molecule has 4 N–H and O–H groups in total. The van der Waals surface area contributed by atoms with E-state index in [0.29, 0.717) is 17.8 Å². The summed E-state index contributed by atoms with van der Waals surface area (Å²) in [6.45, 7) is 0. The summed E-state index contributed by atoms with van der Waals surface area (Å²) < 4.78 is 3.05. The highest BCUT2D eigenvalue weighted by atomic mass is 127. The molecule has 18 heavy (non-hydrogen) atoms. The number of pyridine rings is 1. The van der Waals surface area contributed by atoms with Gasteiger partial charge in [-0.25, -0.2) is 0 Å². The molecule has 1 saturated carbocycles. The van der Waals surface area contributed by atoms with Gasteiger partial charge in [-0.15, -0.1) is 0 Å². The Hall–Kier alpha value is -0.890. The molecule has 96 valence electrons. The Balaban J connectivity index is 2.05. The normalized spacial score (nSPS) is 24.6. The lowest BCUT2D eigenvalue weighted by atomic mass is 9.92. The van der Waals surface area contributed by atoms with E-state index < -0.39 is 0 Å². The van der Waals surface area contributed by atoms with Gasteiger partial charge < -0.3 is 11.5 Å². The summed E-state index contributed by atoms with van der Waals surface area (Å²) in [6, 6.07) is 0.782. The van der Waals surface area contributed by atoms with Crippen LogP contribution in [0.3, 0.4) is 0 Å². The van der Waals surface area contributed by atoms with Gasteiger partial charge in [-0.3, -0.25) is 9.67 Å². The van der Waals surface area contributed by atoms with Crippen molar-refractivity contribution in [3.8, 4) is 0 Å². The average Bonchev–Trinajstić information content (AvgIpc) is 2.69. The number of nitrogens with zero attached hydrogens (tertiary/aromatic N) is 3. The number of aromatic nitrogens is 3. The molecule has 0 atom stereocenters. The number of fused-ring (bicyclic) bond motifs is 1. The van der Waals surface area contributed by atoms with Crippen molar-refractivity contribution >= 4 is 39.2 Å². The van der Waals surface area contributed by atoms with Gasteiger partial charge in [0.25, 0.3) is 0 Å². The van der Waals surface area contributed by atoms with Gasteiger partial charge in [-0.05, 0) is 48.3 Å². The van der Waals surface area contributed by atoms with Gasteiger partial charge in [0.15, 0.2) is 0 Å². The molecule has 3 rings (SSSR count). The van der Waals surface area contributed by atoms with Gasteiger partial charge in [0.05, 0.1) is 35.0 Å². The molecule has 0 radical (unpaired) electrons. The van der Waals surface area contributed by atoms with E-state index in [-0.39, 0.29) is 0 Å². The van der Waals surface area contributed by atoms with Crippen LogP contribution >= 0.6 is 22.6 Å². The third kappa shape index (κ3) is 1.97. The van der Waals surface area contributed by atoms with E-state index in [1.165, 1.54) is 0 Å². The molecule has 0 spiro atoms. The van der Waals surface area contributed by atoms with Crippen molar-refractivity contribution in [2.75, 3.05) is 5.73 Å². The largest absolute Gasteiger partial charge is 0.397 e. The molecule has 0 saturated heterocycles. The highest BCUT2D eigenvalue weighted by Gasteiger charge is 2.23. The first kappa shape index (κ1) is 12.2. The summed E-state index contributed by atoms with van der Waals surface area (Å²) in [7, 11) is 0. The maximum atomic E-state index is 5.98. The first-order chi connectivity index (χ1) is 8.66. The summed E-state index contributed by atoms with van der Waals surface area (Å²) in [5.74, 6) is 0. The molecule has 2 heterocycles. The number of hydrogen-bond acceptors (Lipinski definition) is 4. The predicted molar refractivity (Wildman–Crippen MR) is 80.1 cm³/mol. The average molecular weight is 357 g/mol. The fraction of sp³-hybridized carbons (Fsp3) is 0.500. The van der Waals surface area contributed by atoms with Crippen LogP contribution in [0.5, 0.6) is 0 Å². The van der Waals surface area contributed by atoms with E-state index in [2.05, 4.69) is 37.4 Å². The van der Waals surface area contributed by atoms with E-state index in [1.807, 2.05) is 6.20 Å². The molecule has 0 amide bonds. The van der Waals surface area contributed by atoms with Gasteiger partial charge in [-0.1, -0.05) is 0 Å². The minimum atomic E-state index is 0.352. The molecule has 5 nitrogen and oxygen atoms in total. The zero-order chi connectivity index (χ0) is 12.7. The SMILES string of the molecule is Nc1cncc2c1c(I)nn2C1CCC(N)CC1. The quantitative estimate of drug-likeness (QED) is 0.766. The van der Waals surface area contributed by atoms with Crippen LogP contribution in [-0.2, 0) is 0 Å². The zero-order valence-electron chi connectivity index (χ0n) is 10.0. The molecule has 1 fully saturated rings. The Bertz CT molecular complexity index is 571. The van der Waals surface area contributed by atoms with Crippen molar-refractivity contribution < 1.29 is 0 Å². The summed E-state index contributed by atoms with van der Waals surface area (Å²) in [4.78, 5) is 4.18.